The predicted octanol–water partition coefficient (Wildman–Crippen LogP) is 0.519. The Bertz CT molecular complexity index is 800. The van der Waals surface area contributed by atoms with E-state index in [1.54, 1.807) is 41.3 Å². The van der Waals surface area contributed by atoms with Crippen molar-refractivity contribution >= 4 is 17.5 Å². The first-order chi connectivity index (χ1) is 12.6. The quantitative estimate of drug-likeness (QED) is 0.838. The molecule has 0 bridgehead atoms. The number of hydrogen-bond donors (Lipinski definition) is 2. The Kier molecular flexibility index (Phi) is 5.34. The van der Waals surface area contributed by atoms with Crippen molar-refractivity contribution in [2.75, 3.05) is 31.5 Å². The van der Waals surface area contributed by atoms with Crippen molar-refractivity contribution in [2.24, 2.45) is 0 Å². The molecule has 0 radical (unpaired) electrons. The molecule has 1 aliphatic rings. The zero-order valence-corrected chi connectivity index (χ0v) is 14.6. The van der Waals surface area contributed by atoms with Crippen molar-refractivity contribution < 1.29 is 18.9 Å². The van der Waals surface area contributed by atoms with Crippen LogP contribution in [0.1, 0.15) is 23.0 Å². The van der Waals surface area contributed by atoms with Crippen molar-refractivity contribution in [1.29, 1.82) is 5.26 Å². The Morgan fingerprint density at radius 2 is 1.92 bits per heavy atom. The first-order valence-electron chi connectivity index (χ1n) is 8.57. The van der Waals surface area contributed by atoms with Crippen molar-refractivity contribution in [3.05, 3.63) is 54.0 Å². The highest BCUT2D eigenvalue weighted by molar-refractivity contribution is 5.93. The van der Waals surface area contributed by atoms with Crippen LogP contribution in [0.25, 0.3) is 0 Å². The molecule has 1 aromatic carbocycles. The molecule has 0 aliphatic carbocycles. The Morgan fingerprint density at radius 1 is 1.23 bits per heavy atom. The molecule has 3 rings (SSSR count). The van der Waals surface area contributed by atoms with Crippen LogP contribution >= 0.6 is 0 Å². The van der Waals surface area contributed by atoms with Crippen LogP contribution in [0.4, 0.5) is 5.69 Å². The molecule has 0 spiro atoms. The fourth-order valence-electron chi connectivity index (χ4n) is 3.05. The van der Waals surface area contributed by atoms with Gasteiger partial charge in [0.15, 0.2) is 11.8 Å². The van der Waals surface area contributed by atoms with E-state index < -0.39 is 0 Å². The summed E-state index contributed by atoms with van der Waals surface area (Å²) >= 11 is 0. The molecule has 2 heterocycles. The first kappa shape index (κ1) is 17.7. The molecule has 2 amide bonds. The maximum atomic E-state index is 12.5. The van der Waals surface area contributed by atoms with Crippen molar-refractivity contribution in [3.8, 4) is 6.07 Å². The fourth-order valence-corrected chi connectivity index (χ4v) is 3.05. The van der Waals surface area contributed by atoms with Gasteiger partial charge in [-0.3, -0.25) is 9.59 Å². The van der Waals surface area contributed by atoms with Gasteiger partial charge in [-0.2, -0.15) is 5.26 Å². The third-order valence-corrected chi connectivity index (χ3v) is 4.71. The number of benzene rings is 1. The largest absolute Gasteiger partial charge is 0.459 e. The summed E-state index contributed by atoms with van der Waals surface area (Å²) in [5, 5.41) is 11.7. The number of nitrogens with zero attached hydrogens (tertiary/aromatic N) is 2. The number of carbonyl (C=O) groups is 2. The number of anilines is 1. The number of piperazine rings is 1. The molecule has 2 aromatic rings. The first-order valence-corrected chi connectivity index (χ1v) is 8.57. The van der Waals surface area contributed by atoms with Gasteiger partial charge >= 0.3 is 0 Å². The van der Waals surface area contributed by atoms with Gasteiger partial charge in [0.05, 0.1) is 44.1 Å². The van der Waals surface area contributed by atoms with Crippen LogP contribution in [-0.2, 0) is 4.79 Å². The maximum Gasteiger partial charge on any atom is 0.289 e. The van der Waals surface area contributed by atoms with E-state index >= 15 is 0 Å². The predicted molar refractivity (Wildman–Crippen MR) is 94.6 cm³/mol. The number of nitrogens with one attached hydrogen (secondary N) is 2. The third kappa shape index (κ3) is 3.92. The molecule has 26 heavy (non-hydrogen) atoms. The van der Waals surface area contributed by atoms with Crippen molar-refractivity contribution in [1.82, 2.24) is 4.90 Å². The summed E-state index contributed by atoms with van der Waals surface area (Å²) in [5.41, 5.74) is 1.23. The van der Waals surface area contributed by atoms with Gasteiger partial charge < -0.3 is 19.5 Å². The van der Waals surface area contributed by atoms with Crippen LogP contribution in [0, 0.1) is 11.3 Å². The van der Waals surface area contributed by atoms with Gasteiger partial charge in [-0.15, -0.1) is 0 Å². The molecule has 134 valence electrons. The van der Waals surface area contributed by atoms with Gasteiger partial charge in [-0.1, -0.05) is 0 Å². The van der Waals surface area contributed by atoms with Gasteiger partial charge in [-0.25, -0.2) is 0 Å². The number of hydrogen-bond acceptors (Lipinski definition) is 4. The van der Waals surface area contributed by atoms with Crippen LogP contribution < -0.4 is 10.2 Å². The van der Waals surface area contributed by atoms with Gasteiger partial charge in [0.25, 0.3) is 11.8 Å². The van der Waals surface area contributed by atoms with Crippen LogP contribution in [0.2, 0.25) is 0 Å². The minimum Gasteiger partial charge on any atom is -0.459 e. The lowest BCUT2D eigenvalue weighted by Gasteiger charge is -2.34. The second-order valence-electron chi connectivity index (χ2n) is 6.33. The average molecular weight is 353 g/mol. The summed E-state index contributed by atoms with van der Waals surface area (Å²) in [5.74, 6) is 0.166. The van der Waals surface area contributed by atoms with Crippen molar-refractivity contribution in [3.63, 3.8) is 0 Å². The summed E-state index contributed by atoms with van der Waals surface area (Å²) < 4.78 is 5.16. The molecule has 7 nitrogen and oxygen atoms in total. The Morgan fingerprint density at radius 3 is 2.50 bits per heavy atom. The van der Waals surface area contributed by atoms with Gasteiger partial charge in [0.1, 0.15) is 0 Å². The molecule has 2 N–H and O–H groups in total. The SMILES string of the molecule is C[C@@H](C(=O)Nc1ccc(C#N)cc1)[NH+]1CCN(C(=O)c2ccco2)CC1. The maximum absolute atomic E-state index is 12.5. The molecule has 1 atom stereocenters. The van der Waals surface area contributed by atoms with Gasteiger partial charge in [0, 0.05) is 5.69 Å². The highest BCUT2D eigenvalue weighted by atomic mass is 16.3. The monoisotopic (exact) mass is 353 g/mol. The molecule has 1 fully saturated rings. The second kappa shape index (κ2) is 7.85. The second-order valence-corrected chi connectivity index (χ2v) is 6.33. The average Bonchev–Trinajstić information content (AvgIpc) is 3.22. The van der Waals surface area contributed by atoms with Crippen LogP contribution in [0.15, 0.2) is 47.1 Å². The normalized spacial score (nSPS) is 15.9. The Balaban J connectivity index is 1.52. The number of nitriles is 1. The van der Waals surface area contributed by atoms with E-state index in [0.29, 0.717) is 43.2 Å². The molecule has 0 unspecified atom stereocenters. The van der Waals surface area contributed by atoms with Gasteiger partial charge in [-0.05, 0) is 43.3 Å². The highest BCUT2D eigenvalue weighted by Gasteiger charge is 2.31. The van der Waals surface area contributed by atoms with E-state index in [1.165, 1.54) is 6.26 Å². The van der Waals surface area contributed by atoms with E-state index in [4.69, 9.17) is 9.68 Å². The van der Waals surface area contributed by atoms with Gasteiger partial charge in [0.2, 0.25) is 0 Å². The fraction of sp³-hybridized carbons (Fsp3) is 0.316. The lowest BCUT2D eigenvalue weighted by Crippen LogP contribution is -3.19. The lowest BCUT2D eigenvalue weighted by atomic mass is 10.2. The summed E-state index contributed by atoms with van der Waals surface area (Å²) in [7, 11) is 0. The minimum atomic E-state index is -0.230. The molecule has 1 aromatic heterocycles. The van der Waals surface area contributed by atoms with E-state index in [0.717, 1.165) is 4.90 Å². The summed E-state index contributed by atoms with van der Waals surface area (Å²) in [6.45, 7) is 4.47. The van der Waals surface area contributed by atoms with E-state index in [1.807, 2.05) is 13.0 Å². The van der Waals surface area contributed by atoms with Crippen LogP contribution in [-0.4, -0.2) is 48.9 Å². The number of amides is 2. The topological polar surface area (TPSA) is 90.8 Å². The standard InChI is InChI=1S/C19H20N4O3/c1-14(18(24)21-16-6-4-15(13-20)5-7-16)22-8-10-23(11-9-22)19(25)17-3-2-12-26-17/h2-7,12,14H,8-11H2,1H3,(H,21,24)/p+1/t14-/m0/s1. The molecule has 7 heteroatoms. The molecular formula is C19H21N4O3+. The molecule has 1 saturated heterocycles. The smallest absolute Gasteiger partial charge is 0.289 e. The minimum absolute atomic E-state index is 0.0736. The van der Waals surface area contributed by atoms with Crippen LogP contribution in [0.3, 0.4) is 0 Å². The number of quaternary nitrogens is 1. The molecule has 1 aliphatic heterocycles. The van der Waals surface area contributed by atoms with E-state index in [9.17, 15) is 9.59 Å². The Labute approximate surface area is 151 Å². The number of rotatable bonds is 4. The molecular weight excluding hydrogens is 332 g/mol. The van der Waals surface area contributed by atoms with E-state index in [2.05, 4.69) is 5.32 Å². The summed E-state index contributed by atoms with van der Waals surface area (Å²) in [6, 6.07) is 12.0. The molecule has 0 saturated carbocycles. The van der Waals surface area contributed by atoms with Crippen molar-refractivity contribution in [2.45, 2.75) is 13.0 Å². The lowest BCUT2D eigenvalue weighted by molar-refractivity contribution is -0.917. The number of furan rings is 1. The zero-order chi connectivity index (χ0) is 18.5. The summed E-state index contributed by atoms with van der Waals surface area (Å²) in [4.78, 5) is 27.7. The summed E-state index contributed by atoms with van der Waals surface area (Å²) in [6.07, 6.45) is 1.49. The third-order valence-electron chi connectivity index (χ3n) is 4.71. The zero-order valence-electron chi connectivity index (χ0n) is 14.6. The van der Waals surface area contributed by atoms with Crippen LogP contribution in [0.5, 0.6) is 0 Å². The van der Waals surface area contributed by atoms with E-state index in [-0.39, 0.29) is 17.9 Å². The highest BCUT2D eigenvalue weighted by Crippen LogP contribution is 2.09. The number of carbonyl (C=O) groups excluding carboxylic acids is 2. The Hall–Kier alpha value is -3.11.